The highest BCUT2D eigenvalue weighted by atomic mass is 32.2. The molecule has 0 spiro atoms. The molecule has 0 aliphatic heterocycles. The van der Waals surface area contributed by atoms with Gasteiger partial charge in [-0.05, 0) is 30.7 Å². The summed E-state index contributed by atoms with van der Waals surface area (Å²) >= 11 is 0. The van der Waals surface area contributed by atoms with E-state index in [0.29, 0.717) is 16.9 Å². The van der Waals surface area contributed by atoms with Crippen molar-refractivity contribution in [3.63, 3.8) is 0 Å². The maximum absolute atomic E-state index is 13.3. The van der Waals surface area contributed by atoms with Crippen LogP contribution < -0.4 is 0 Å². The van der Waals surface area contributed by atoms with Crippen LogP contribution in [-0.4, -0.2) is 22.4 Å². The largest absolute Gasteiger partial charge is 0.269 e. The molecule has 4 rings (SSSR count). The van der Waals surface area contributed by atoms with Gasteiger partial charge in [-0.3, -0.25) is 4.98 Å². The van der Waals surface area contributed by atoms with Gasteiger partial charge in [0.2, 0.25) is 0 Å². The van der Waals surface area contributed by atoms with Crippen LogP contribution in [0.15, 0.2) is 78.0 Å². The Bertz CT molecular complexity index is 1150. The Balaban J connectivity index is 2.05. The predicted molar refractivity (Wildman–Crippen MR) is 96.7 cm³/mol. The molecule has 0 bridgehead atoms. The second-order valence-electron chi connectivity index (χ2n) is 5.74. The average Bonchev–Trinajstić information content (AvgIpc) is 3.03. The monoisotopic (exact) mass is 349 g/mol. The third kappa shape index (κ3) is 2.60. The van der Waals surface area contributed by atoms with Crippen molar-refractivity contribution >= 4 is 21.2 Å². The van der Waals surface area contributed by atoms with E-state index < -0.39 is 10.0 Å². The van der Waals surface area contributed by atoms with E-state index in [1.54, 1.807) is 36.5 Å². The highest BCUT2D eigenvalue weighted by Gasteiger charge is 2.25. The normalized spacial score (nSPS) is 11.7. The van der Waals surface area contributed by atoms with Crippen molar-refractivity contribution in [1.82, 2.24) is 13.9 Å². The summed E-state index contributed by atoms with van der Waals surface area (Å²) in [5.74, 6) is 0. The number of hydrogen-bond donors (Lipinski definition) is 0. The van der Waals surface area contributed by atoms with Crippen molar-refractivity contribution in [2.75, 3.05) is 0 Å². The van der Waals surface area contributed by atoms with Crippen LogP contribution >= 0.6 is 0 Å². The lowest BCUT2D eigenvalue weighted by Crippen LogP contribution is -2.14. The summed E-state index contributed by atoms with van der Waals surface area (Å²) in [6.07, 6.45) is 3.05. The first-order valence-electron chi connectivity index (χ1n) is 7.77. The average molecular weight is 349 g/mol. The third-order valence-corrected chi connectivity index (χ3v) is 5.74. The number of fused-ring (bicyclic) bond motifs is 1. The van der Waals surface area contributed by atoms with Crippen LogP contribution in [0.4, 0.5) is 0 Å². The van der Waals surface area contributed by atoms with Crippen LogP contribution in [0.5, 0.6) is 0 Å². The zero-order valence-corrected chi connectivity index (χ0v) is 14.3. The van der Waals surface area contributed by atoms with E-state index in [2.05, 4.69) is 9.97 Å². The first-order valence-corrected chi connectivity index (χ1v) is 9.21. The van der Waals surface area contributed by atoms with Crippen LogP contribution in [0.2, 0.25) is 0 Å². The van der Waals surface area contributed by atoms with Crippen molar-refractivity contribution < 1.29 is 8.42 Å². The number of aryl methyl sites for hydroxylation is 1. The molecule has 0 amide bonds. The SMILES string of the molecule is Cc1ccc(S(=O)(=O)n2c(-c3ccccc3)cc3nccnc32)cc1. The number of benzene rings is 2. The molecule has 2 aromatic carbocycles. The Labute approximate surface area is 145 Å². The van der Waals surface area contributed by atoms with E-state index >= 15 is 0 Å². The van der Waals surface area contributed by atoms with Gasteiger partial charge < -0.3 is 0 Å². The van der Waals surface area contributed by atoms with Gasteiger partial charge in [0, 0.05) is 12.4 Å². The fraction of sp³-hybridized carbons (Fsp3) is 0.0526. The second-order valence-corrected chi connectivity index (χ2v) is 7.53. The van der Waals surface area contributed by atoms with E-state index in [1.165, 1.54) is 10.2 Å². The fourth-order valence-electron chi connectivity index (χ4n) is 2.77. The standard InChI is InChI=1S/C19H15N3O2S/c1-14-7-9-16(10-8-14)25(23,24)22-18(15-5-3-2-4-6-15)13-17-19(22)21-12-11-20-17/h2-13H,1H3. The van der Waals surface area contributed by atoms with Gasteiger partial charge in [-0.2, -0.15) is 0 Å². The summed E-state index contributed by atoms with van der Waals surface area (Å²) in [5, 5.41) is 0. The summed E-state index contributed by atoms with van der Waals surface area (Å²) in [7, 11) is -3.80. The molecule has 0 saturated carbocycles. The Kier molecular flexibility index (Phi) is 3.62. The van der Waals surface area contributed by atoms with Crippen molar-refractivity contribution in [3.05, 3.63) is 78.6 Å². The van der Waals surface area contributed by atoms with Gasteiger partial charge >= 0.3 is 0 Å². The number of rotatable bonds is 3. The maximum Gasteiger partial charge on any atom is 0.269 e. The Morgan fingerprint density at radius 1 is 0.880 bits per heavy atom. The van der Waals surface area contributed by atoms with E-state index in [0.717, 1.165) is 11.1 Å². The smallest absolute Gasteiger partial charge is 0.251 e. The molecule has 124 valence electrons. The lowest BCUT2D eigenvalue weighted by atomic mass is 10.2. The van der Waals surface area contributed by atoms with Gasteiger partial charge in [-0.25, -0.2) is 17.4 Å². The molecule has 0 fully saturated rings. The molecule has 0 aliphatic carbocycles. The van der Waals surface area contributed by atoms with Crippen LogP contribution in [0.1, 0.15) is 5.56 Å². The highest BCUT2D eigenvalue weighted by molar-refractivity contribution is 7.90. The van der Waals surface area contributed by atoms with E-state index in [9.17, 15) is 8.42 Å². The summed E-state index contributed by atoms with van der Waals surface area (Å²) in [6.45, 7) is 1.92. The van der Waals surface area contributed by atoms with Gasteiger partial charge in [0.1, 0.15) is 5.52 Å². The van der Waals surface area contributed by atoms with Gasteiger partial charge in [0.25, 0.3) is 10.0 Å². The molecule has 0 atom stereocenters. The molecule has 0 N–H and O–H groups in total. The topological polar surface area (TPSA) is 64.8 Å². The predicted octanol–water partition coefficient (Wildman–Crippen LogP) is 3.64. The fourth-order valence-corrected chi connectivity index (χ4v) is 4.25. The second kappa shape index (κ2) is 5.82. The van der Waals surface area contributed by atoms with Gasteiger partial charge in [-0.15, -0.1) is 0 Å². The number of hydrogen-bond acceptors (Lipinski definition) is 4. The third-order valence-electron chi connectivity index (χ3n) is 4.02. The Morgan fingerprint density at radius 3 is 2.28 bits per heavy atom. The maximum atomic E-state index is 13.3. The molecular formula is C19H15N3O2S. The molecule has 6 heteroatoms. The molecule has 4 aromatic rings. The van der Waals surface area contributed by atoms with Gasteiger partial charge in [0.05, 0.1) is 10.6 Å². The first kappa shape index (κ1) is 15.5. The van der Waals surface area contributed by atoms with E-state index in [4.69, 9.17) is 0 Å². The molecule has 2 aromatic heterocycles. The first-order chi connectivity index (χ1) is 12.1. The quantitative estimate of drug-likeness (QED) is 0.566. The van der Waals surface area contributed by atoms with Crippen molar-refractivity contribution in [2.45, 2.75) is 11.8 Å². The molecule has 25 heavy (non-hydrogen) atoms. The lowest BCUT2D eigenvalue weighted by Gasteiger charge is -2.11. The lowest BCUT2D eigenvalue weighted by molar-refractivity contribution is 0.589. The van der Waals surface area contributed by atoms with Crippen LogP contribution in [-0.2, 0) is 10.0 Å². The number of aromatic nitrogens is 3. The summed E-state index contributed by atoms with van der Waals surface area (Å²) in [4.78, 5) is 8.74. The zero-order valence-electron chi connectivity index (χ0n) is 13.5. The molecule has 0 aliphatic rings. The zero-order chi connectivity index (χ0) is 17.4. The number of nitrogens with zero attached hydrogens (tertiary/aromatic N) is 3. The van der Waals surface area contributed by atoms with Gasteiger partial charge in [0.15, 0.2) is 5.65 Å². The van der Waals surface area contributed by atoms with Crippen LogP contribution in [0, 0.1) is 6.92 Å². The molecule has 2 heterocycles. The summed E-state index contributed by atoms with van der Waals surface area (Å²) in [6, 6.07) is 17.9. The molecular weight excluding hydrogens is 334 g/mol. The Hall–Kier alpha value is -2.99. The van der Waals surface area contributed by atoms with Crippen molar-refractivity contribution in [3.8, 4) is 11.3 Å². The van der Waals surface area contributed by atoms with Gasteiger partial charge in [-0.1, -0.05) is 48.0 Å². The van der Waals surface area contributed by atoms with Crippen LogP contribution in [0.3, 0.4) is 0 Å². The summed E-state index contributed by atoms with van der Waals surface area (Å²) < 4.78 is 27.9. The van der Waals surface area contributed by atoms with Crippen LogP contribution in [0.25, 0.3) is 22.4 Å². The Morgan fingerprint density at radius 2 is 1.56 bits per heavy atom. The van der Waals surface area contributed by atoms with Crippen molar-refractivity contribution in [1.29, 1.82) is 0 Å². The summed E-state index contributed by atoms with van der Waals surface area (Å²) in [5.41, 5.74) is 3.19. The van der Waals surface area contributed by atoms with Crippen molar-refractivity contribution in [2.24, 2.45) is 0 Å². The molecule has 0 radical (unpaired) electrons. The minimum atomic E-state index is -3.80. The molecule has 0 unspecified atom stereocenters. The van der Waals surface area contributed by atoms with E-state index in [1.807, 2.05) is 37.3 Å². The molecule has 0 saturated heterocycles. The minimum Gasteiger partial charge on any atom is -0.251 e. The van der Waals surface area contributed by atoms with E-state index in [-0.39, 0.29) is 4.90 Å². The molecule has 5 nitrogen and oxygen atoms in total. The highest BCUT2D eigenvalue weighted by Crippen LogP contribution is 2.30. The minimum absolute atomic E-state index is 0.221.